The van der Waals surface area contributed by atoms with Crippen LogP contribution >= 0.6 is 15.9 Å². The molecular formula is C14H11BrFN3. The lowest BCUT2D eigenvalue weighted by atomic mass is 10.2. The molecular weight excluding hydrogens is 309 g/mol. The van der Waals surface area contributed by atoms with E-state index in [1.807, 2.05) is 18.2 Å². The molecule has 0 aliphatic carbocycles. The van der Waals surface area contributed by atoms with Gasteiger partial charge in [0.2, 0.25) is 0 Å². The molecule has 96 valence electrons. The minimum atomic E-state index is -0.280. The molecule has 0 atom stereocenters. The van der Waals surface area contributed by atoms with Gasteiger partial charge in [-0.3, -0.25) is 0 Å². The molecule has 3 nitrogen and oxygen atoms in total. The predicted octanol–water partition coefficient (Wildman–Crippen LogP) is 3.59. The van der Waals surface area contributed by atoms with E-state index in [0.717, 1.165) is 22.2 Å². The van der Waals surface area contributed by atoms with Crippen molar-refractivity contribution in [2.45, 2.75) is 6.54 Å². The summed E-state index contributed by atoms with van der Waals surface area (Å²) in [7, 11) is 0. The highest BCUT2D eigenvalue weighted by atomic mass is 79.9. The Hall–Kier alpha value is -1.72. The van der Waals surface area contributed by atoms with Crippen molar-refractivity contribution in [1.29, 1.82) is 0 Å². The maximum absolute atomic E-state index is 13.1. The van der Waals surface area contributed by atoms with Crippen molar-refractivity contribution in [3.63, 3.8) is 0 Å². The van der Waals surface area contributed by atoms with Gasteiger partial charge in [-0.25, -0.2) is 9.37 Å². The Morgan fingerprint density at radius 3 is 2.79 bits per heavy atom. The number of aromatic amines is 1. The van der Waals surface area contributed by atoms with E-state index < -0.39 is 0 Å². The number of rotatable bonds is 2. The van der Waals surface area contributed by atoms with E-state index in [9.17, 15) is 4.39 Å². The summed E-state index contributed by atoms with van der Waals surface area (Å²) in [5, 5.41) is 0. The predicted molar refractivity (Wildman–Crippen MR) is 77.1 cm³/mol. The average Bonchev–Trinajstić information content (AvgIpc) is 2.80. The standard InChI is InChI=1S/C14H11BrFN3/c15-11-6-9(16)2-3-10(11)14-18-12-4-1-8(7-17)5-13(12)19-14/h1-6H,7,17H2,(H,18,19). The summed E-state index contributed by atoms with van der Waals surface area (Å²) in [4.78, 5) is 7.73. The van der Waals surface area contributed by atoms with Gasteiger partial charge >= 0.3 is 0 Å². The van der Waals surface area contributed by atoms with E-state index in [0.29, 0.717) is 16.8 Å². The van der Waals surface area contributed by atoms with Gasteiger partial charge in [-0.15, -0.1) is 0 Å². The SMILES string of the molecule is NCc1ccc2nc(-c3ccc(F)cc3Br)[nH]c2c1. The van der Waals surface area contributed by atoms with Gasteiger partial charge in [-0.1, -0.05) is 6.07 Å². The van der Waals surface area contributed by atoms with Gasteiger partial charge in [0.1, 0.15) is 11.6 Å². The van der Waals surface area contributed by atoms with Crippen molar-refractivity contribution in [1.82, 2.24) is 9.97 Å². The number of nitrogens with two attached hydrogens (primary N) is 1. The maximum Gasteiger partial charge on any atom is 0.139 e. The van der Waals surface area contributed by atoms with Crippen molar-refractivity contribution in [3.05, 3.63) is 52.3 Å². The molecule has 0 spiro atoms. The summed E-state index contributed by atoms with van der Waals surface area (Å²) in [5.74, 6) is 0.424. The normalized spacial score (nSPS) is 11.1. The minimum absolute atomic E-state index is 0.280. The fourth-order valence-corrected chi connectivity index (χ4v) is 2.53. The summed E-state index contributed by atoms with van der Waals surface area (Å²) < 4.78 is 13.8. The van der Waals surface area contributed by atoms with Crippen molar-refractivity contribution in [2.24, 2.45) is 5.73 Å². The second-order valence-electron chi connectivity index (χ2n) is 4.27. The number of hydrogen-bond acceptors (Lipinski definition) is 2. The van der Waals surface area contributed by atoms with Crippen molar-refractivity contribution < 1.29 is 4.39 Å². The van der Waals surface area contributed by atoms with Crippen LogP contribution in [0.15, 0.2) is 40.9 Å². The number of imidazole rings is 1. The van der Waals surface area contributed by atoms with E-state index in [4.69, 9.17) is 5.73 Å². The van der Waals surface area contributed by atoms with Crippen LogP contribution in [0.5, 0.6) is 0 Å². The molecule has 0 unspecified atom stereocenters. The Morgan fingerprint density at radius 1 is 1.21 bits per heavy atom. The molecule has 0 bridgehead atoms. The second kappa shape index (κ2) is 4.75. The Labute approximate surface area is 117 Å². The summed E-state index contributed by atoms with van der Waals surface area (Å²) in [6.07, 6.45) is 0. The molecule has 3 N–H and O–H groups in total. The molecule has 0 aliphatic rings. The highest BCUT2D eigenvalue weighted by Gasteiger charge is 2.09. The van der Waals surface area contributed by atoms with E-state index in [1.54, 1.807) is 6.07 Å². The number of aromatic nitrogens is 2. The highest BCUT2D eigenvalue weighted by Crippen LogP contribution is 2.28. The largest absolute Gasteiger partial charge is 0.338 e. The molecule has 1 aromatic heterocycles. The van der Waals surface area contributed by atoms with E-state index >= 15 is 0 Å². The number of halogens is 2. The molecule has 0 fully saturated rings. The Bertz CT molecular complexity index is 752. The zero-order valence-electron chi connectivity index (χ0n) is 9.95. The van der Waals surface area contributed by atoms with Gasteiger partial charge in [-0.05, 0) is 51.8 Å². The van der Waals surface area contributed by atoms with Gasteiger partial charge in [0.25, 0.3) is 0 Å². The fraction of sp³-hybridized carbons (Fsp3) is 0.0714. The minimum Gasteiger partial charge on any atom is -0.338 e. The summed E-state index contributed by atoms with van der Waals surface area (Å²) >= 11 is 3.35. The maximum atomic E-state index is 13.1. The monoisotopic (exact) mass is 319 g/mol. The third-order valence-corrected chi connectivity index (χ3v) is 3.62. The first kappa shape index (κ1) is 12.3. The number of fused-ring (bicyclic) bond motifs is 1. The first-order chi connectivity index (χ1) is 9.17. The number of benzene rings is 2. The van der Waals surface area contributed by atoms with Crippen LogP contribution in [0.25, 0.3) is 22.4 Å². The molecule has 19 heavy (non-hydrogen) atoms. The van der Waals surface area contributed by atoms with Crippen LogP contribution in [-0.2, 0) is 6.54 Å². The van der Waals surface area contributed by atoms with Crippen molar-refractivity contribution >= 4 is 27.0 Å². The summed E-state index contributed by atoms with van der Waals surface area (Å²) in [5.41, 5.74) is 9.27. The highest BCUT2D eigenvalue weighted by molar-refractivity contribution is 9.10. The topological polar surface area (TPSA) is 54.7 Å². The summed E-state index contributed by atoms with van der Waals surface area (Å²) in [6, 6.07) is 10.4. The number of H-pyrrole nitrogens is 1. The lowest BCUT2D eigenvalue weighted by Crippen LogP contribution is -1.95. The average molecular weight is 320 g/mol. The van der Waals surface area contributed by atoms with E-state index in [-0.39, 0.29) is 5.82 Å². The molecule has 1 heterocycles. The smallest absolute Gasteiger partial charge is 0.139 e. The second-order valence-corrected chi connectivity index (χ2v) is 5.12. The number of hydrogen-bond donors (Lipinski definition) is 2. The van der Waals surface area contributed by atoms with Crippen LogP contribution < -0.4 is 5.73 Å². The molecule has 5 heteroatoms. The van der Waals surface area contributed by atoms with Crippen LogP contribution in [0.4, 0.5) is 4.39 Å². The van der Waals surface area contributed by atoms with Crippen LogP contribution in [-0.4, -0.2) is 9.97 Å². The fourth-order valence-electron chi connectivity index (χ4n) is 1.99. The van der Waals surface area contributed by atoms with Gasteiger partial charge in [0.15, 0.2) is 0 Å². The lowest BCUT2D eigenvalue weighted by molar-refractivity contribution is 0.627. The van der Waals surface area contributed by atoms with Gasteiger partial charge in [0.05, 0.1) is 11.0 Å². The Morgan fingerprint density at radius 2 is 2.05 bits per heavy atom. The number of nitrogens with one attached hydrogen (secondary N) is 1. The first-order valence-electron chi connectivity index (χ1n) is 5.81. The molecule has 3 aromatic rings. The van der Waals surface area contributed by atoms with Gasteiger partial charge in [-0.2, -0.15) is 0 Å². The third kappa shape index (κ3) is 2.27. The molecule has 0 aliphatic heterocycles. The third-order valence-electron chi connectivity index (χ3n) is 2.97. The van der Waals surface area contributed by atoms with Gasteiger partial charge in [0, 0.05) is 16.6 Å². The lowest BCUT2D eigenvalue weighted by Gasteiger charge is -2.00. The Kier molecular flexibility index (Phi) is 3.08. The molecule has 0 saturated heterocycles. The van der Waals surface area contributed by atoms with E-state index in [1.165, 1.54) is 12.1 Å². The quantitative estimate of drug-likeness (QED) is 0.758. The van der Waals surface area contributed by atoms with Crippen molar-refractivity contribution in [3.8, 4) is 11.4 Å². The zero-order chi connectivity index (χ0) is 13.4. The van der Waals surface area contributed by atoms with Gasteiger partial charge < -0.3 is 10.7 Å². The van der Waals surface area contributed by atoms with Crippen LogP contribution in [0.1, 0.15) is 5.56 Å². The molecule has 3 rings (SSSR count). The van der Waals surface area contributed by atoms with Crippen molar-refractivity contribution in [2.75, 3.05) is 0 Å². The first-order valence-corrected chi connectivity index (χ1v) is 6.61. The van der Waals surface area contributed by atoms with Crippen LogP contribution in [0.2, 0.25) is 0 Å². The molecule has 2 aromatic carbocycles. The van der Waals surface area contributed by atoms with E-state index in [2.05, 4.69) is 25.9 Å². The molecule has 0 amide bonds. The Balaban J connectivity index is 2.14. The summed E-state index contributed by atoms with van der Waals surface area (Å²) in [6.45, 7) is 0.491. The zero-order valence-corrected chi connectivity index (χ0v) is 11.5. The number of nitrogens with zero attached hydrogens (tertiary/aromatic N) is 1. The molecule has 0 radical (unpaired) electrons. The van der Waals surface area contributed by atoms with Crippen LogP contribution in [0, 0.1) is 5.82 Å². The molecule has 0 saturated carbocycles. The van der Waals surface area contributed by atoms with Crippen LogP contribution in [0.3, 0.4) is 0 Å².